The fraction of sp³-hybridized carbons (Fsp3) is 0.385. The Kier molecular flexibility index (Phi) is 5.36. The number of rotatable bonds is 5. The normalized spacial score (nSPS) is 11.9. The van der Waals surface area contributed by atoms with Crippen LogP contribution in [0.25, 0.3) is 0 Å². The number of carbonyl (C=O) groups excluding carboxylic acids is 2. The maximum atomic E-state index is 11.5. The predicted molar refractivity (Wildman–Crippen MR) is 64.4 cm³/mol. The second kappa shape index (κ2) is 6.81. The van der Waals surface area contributed by atoms with Crippen molar-refractivity contribution in [3.05, 3.63) is 35.9 Å². The monoisotopic (exact) mass is 235 g/mol. The van der Waals surface area contributed by atoms with Gasteiger partial charge in [0, 0.05) is 0 Å². The summed E-state index contributed by atoms with van der Waals surface area (Å²) in [7, 11) is 0. The molecule has 0 saturated carbocycles. The number of ether oxygens (including phenoxy) is 1. The second-order valence-electron chi connectivity index (χ2n) is 3.82. The molecule has 1 rings (SSSR count). The topological polar surface area (TPSA) is 69.4 Å². The molecule has 1 aromatic carbocycles. The van der Waals surface area contributed by atoms with Gasteiger partial charge in [0.05, 0.1) is 5.56 Å². The van der Waals surface area contributed by atoms with E-state index >= 15 is 0 Å². The first-order valence-corrected chi connectivity index (χ1v) is 5.71. The van der Waals surface area contributed by atoms with Gasteiger partial charge in [0.15, 0.2) is 0 Å². The minimum absolute atomic E-state index is 0.351. The zero-order valence-electron chi connectivity index (χ0n) is 9.89. The Bertz CT molecular complexity index is 376. The fourth-order valence-corrected chi connectivity index (χ4v) is 1.34. The third kappa shape index (κ3) is 4.36. The minimum atomic E-state index is -0.720. The van der Waals surface area contributed by atoms with Crippen LogP contribution in [0.5, 0.6) is 0 Å². The molecular weight excluding hydrogens is 218 g/mol. The molecule has 0 bridgehead atoms. The standard InChI is InChI=1S/C13H17NO3/c1-2-3-9-11(14)13(16)17-12(15)10-7-5-4-6-8-10/h4-8,11H,2-3,9,14H2,1H3/t11-/m0/s1. The molecule has 0 unspecified atom stereocenters. The van der Waals surface area contributed by atoms with Crippen LogP contribution in [0.1, 0.15) is 36.5 Å². The van der Waals surface area contributed by atoms with Crippen molar-refractivity contribution in [2.24, 2.45) is 5.73 Å². The molecule has 0 saturated heterocycles. The molecular formula is C13H17NO3. The highest BCUT2D eigenvalue weighted by molar-refractivity contribution is 5.97. The van der Waals surface area contributed by atoms with Crippen LogP contribution in [0.2, 0.25) is 0 Å². The molecule has 4 nitrogen and oxygen atoms in total. The summed E-state index contributed by atoms with van der Waals surface area (Å²) >= 11 is 0. The number of benzene rings is 1. The SMILES string of the molecule is CCCC[C@H](N)C(=O)OC(=O)c1ccccc1. The third-order valence-electron chi connectivity index (χ3n) is 2.37. The van der Waals surface area contributed by atoms with Gasteiger partial charge in [-0.3, -0.25) is 0 Å². The van der Waals surface area contributed by atoms with Crippen molar-refractivity contribution in [2.45, 2.75) is 32.2 Å². The summed E-state index contributed by atoms with van der Waals surface area (Å²) in [4.78, 5) is 23.0. The Balaban J connectivity index is 2.49. The summed E-state index contributed by atoms with van der Waals surface area (Å²) in [5, 5.41) is 0. The van der Waals surface area contributed by atoms with Crippen LogP contribution in [0.4, 0.5) is 0 Å². The average molecular weight is 235 g/mol. The highest BCUT2D eigenvalue weighted by Gasteiger charge is 2.18. The lowest BCUT2D eigenvalue weighted by molar-refractivity contribution is -0.139. The van der Waals surface area contributed by atoms with Gasteiger partial charge >= 0.3 is 11.9 Å². The Labute approximate surface area is 101 Å². The Morgan fingerprint density at radius 2 is 1.94 bits per heavy atom. The van der Waals surface area contributed by atoms with E-state index in [0.29, 0.717) is 12.0 Å². The van der Waals surface area contributed by atoms with Gasteiger partial charge in [-0.2, -0.15) is 0 Å². The summed E-state index contributed by atoms with van der Waals surface area (Å²) < 4.78 is 4.69. The molecule has 0 aliphatic rings. The van der Waals surface area contributed by atoms with Gasteiger partial charge in [0.1, 0.15) is 6.04 Å². The molecule has 1 aromatic rings. The van der Waals surface area contributed by atoms with Gasteiger partial charge in [-0.15, -0.1) is 0 Å². The van der Waals surface area contributed by atoms with E-state index in [0.717, 1.165) is 12.8 Å². The van der Waals surface area contributed by atoms with Crippen molar-refractivity contribution >= 4 is 11.9 Å². The van der Waals surface area contributed by atoms with E-state index in [1.807, 2.05) is 6.92 Å². The van der Waals surface area contributed by atoms with E-state index in [2.05, 4.69) is 0 Å². The number of unbranched alkanes of at least 4 members (excludes halogenated alkanes) is 1. The quantitative estimate of drug-likeness (QED) is 0.625. The largest absolute Gasteiger partial charge is 0.388 e. The molecule has 92 valence electrons. The van der Waals surface area contributed by atoms with Crippen LogP contribution in [0, 0.1) is 0 Å². The van der Waals surface area contributed by atoms with E-state index in [1.165, 1.54) is 0 Å². The lowest BCUT2D eigenvalue weighted by Crippen LogP contribution is -2.33. The van der Waals surface area contributed by atoms with Crippen LogP contribution in [0.15, 0.2) is 30.3 Å². The van der Waals surface area contributed by atoms with Crippen molar-refractivity contribution in [2.75, 3.05) is 0 Å². The smallest absolute Gasteiger partial charge is 0.345 e. The Morgan fingerprint density at radius 3 is 2.53 bits per heavy atom. The van der Waals surface area contributed by atoms with Crippen molar-refractivity contribution < 1.29 is 14.3 Å². The number of esters is 2. The molecule has 0 heterocycles. The molecule has 0 aromatic heterocycles. The molecule has 17 heavy (non-hydrogen) atoms. The van der Waals surface area contributed by atoms with Gasteiger partial charge in [0.2, 0.25) is 0 Å². The number of hydrogen-bond acceptors (Lipinski definition) is 4. The van der Waals surface area contributed by atoms with Crippen molar-refractivity contribution in [1.82, 2.24) is 0 Å². The van der Waals surface area contributed by atoms with Gasteiger partial charge in [-0.05, 0) is 18.6 Å². The lowest BCUT2D eigenvalue weighted by atomic mass is 10.1. The molecule has 0 aliphatic heterocycles. The van der Waals surface area contributed by atoms with E-state index in [4.69, 9.17) is 10.5 Å². The predicted octanol–water partition coefficient (Wildman–Crippen LogP) is 1.89. The van der Waals surface area contributed by atoms with Crippen LogP contribution in [-0.2, 0) is 9.53 Å². The lowest BCUT2D eigenvalue weighted by Gasteiger charge is -2.09. The van der Waals surface area contributed by atoms with Gasteiger partial charge in [-0.1, -0.05) is 38.0 Å². The molecule has 4 heteroatoms. The number of hydrogen-bond donors (Lipinski definition) is 1. The molecule has 1 atom stereocenters. The fourth-order valence-electron chi connectivity index (χ4n) is 1.34. The molecule has 0 spiro atoms. The van der Waals surface area contributed by atoms with Crippen LogP contribution < -0.4 is 5.73 Å². The first-order valence-electron chi connectivity index (χ1n) is 5.71. The first-order chi connectivity index (χ1) is 8.15. The highest BCUT2D eigenvalue weighted by atomic mass is 16.6. The summed E-state index contributed by atoms with van der Waals surface area (Å²) in [6, 6.07) is 7.66. The average Bonchev–Trinajstić information content (AvgIpc) is 2.36. The van der Waals surface area contributed by atoms with E-state index in [1.54, 1.807) is 30.3 Å². The maximum Gasteiger partial charge on any atom is 0.345 e. The van der Waals surface area contributed by atoms with Crippen molar-refractivity contribution in [1.29, 1.82) is 0 Å². The van der Waals surface area contributed by atoms with Crippen molar-refractivity contribution in [3.63, 3.8) is 0 Å². The summed E-state index contributed by atoms with van der Waals surface area (Å²) in [5.41, 5.74) is 5.95. The molecule has 0 aliphatic carbocycles. The summed E-state index contributed by atoms with van der Waals surface area (Å²) in [6.07, 6.45) is 2.33. The zero-order chi connectivity index (χ0) is 12.7. The first kappa shape index (κ1) is 13.4. The van der Waals surface area contributed by atoms with Crippen molar-refractivity contribution in [3.8, 4) is 0 Å². The van der Waals surface area contributed by atoms with E-state index < -0.39 is 18.0 Å². The molecule has 2 N–H and O–H groups in total. The van der Waals surface area contributed by atoms with Gasteiger partial charge in [-0.25, -0.2) is 9.59 Å². The molecule has 0 amide bonds. The van der Waals surface area contributed by atoms with E-state index in [-0.39, 0.29) is 0 Å². The summed E-state index contributed by atoms with van der Waals surface area (Å²) in [5.74, 6) is -1.31. The second-order valence-corrected chi connectivity index (χ2v) is 3.82. The Hall–Kier alpha value is -1.68. The van der Waals surface area contributed by atoms with Crippen LogP contribution in [-0.4, -0.2) is 18.0 Å². The Morgan fingerprint density at radius 1 is 1.29 bits per heavy atom. The number of carbonyl (C=O) groups is 2. The molecule has 0 radical (unpaired) electrons. The highest BCUT2D eigenvalue weighted by Crippen LogP contribution is 2.04. The number of nitrogens with two attached hydrogens (primary N) is 1. The maximum absolute atomic E-state index is 11.5. The summed E-state index contributed by atoms with van der Waals surface area (Å²) in [6.45, 7) is 2.01. The zero-order valence-corrected chi connectivity index (χ0v) is 9.89. The molecule has 0 fully saturated rings. The van der Waals surface area contributed by atoms with Gasteiger partial charge in [0.25, 0.3) is 0 Å². The van der Waals surface area contributed by atoms with Crippen LogP contribution >= 0.6 is 0 Å². The van der Waals surface area contributed by atoms with E-state index in [9.17, 15) is 9.59 Å². The van der Waals surface area contributed by atoms with Crippen LogP contribution in [0.3, 0.4) is 0 Å². The van der Waals surface area contributed by atoms with Gasteiger partial charge < -0.3 is 10.5 Å². The minimum Gasteiger partial charge on any atom is -0.388 e. The third-order valence-corrected chi connectivity index (χ3v) is 2.37.